The number of sulfonamides is 1. The lowest BCUT2D eigenvalue weighted by molar-refractivity contribution is 0.573. The van der Waals surface area contributed by atoms with Gasteiger partial charge in [-0.3, -0.25) is 4.72 Å². The van der Waals surface area contributed by atoms with Crippen LogP contribution in [0.15, 0.2) is 29.8 Å². The molecule has 3 nitrogen and oxygen atoms in total. The summed E-state index contributed by atoms with van der Waals surface area (Å²) in [5.41, 5.74) is 1.15. The van der Waals surface area contributed by atoms with E-state index in [0.717, 1.165) is 24.5 Å². The van der Waals surface area contributed by atoms with Crippen LogP contribution in [0.4, 0.5) is 10.1 Å². The van der Waals surface area contributed by atoms with Crippen LogP contribution in [0.2, 0.25) is 5.02 Å². The molecule has 1 aromatic carbocycles. The Bertz CT molecular complexity index is 628. The Morgan fingerprint density at radius 2 is 2.20 bits per heavy atom. The predicted octanol–water partition coefficient (Wildman–Crippen LogP) is 4.11. The average Bonchev–Trinajstić information content (AvgIpc) is 2.42. The number of benzene rings is 1. The van der Waals surface area contributed by atoms with Gasteiger partial charge in [0, 0.05) is 0 Å². The van der Waals surface area contributed by atoms with Gasteiger partial charge in [-0.2, -0.15) is 0 Å². The number of anilines is 1. The summed E-state index contributed by atoms with van der Waals surface area (Å²) in [6.07, 6.45) is 5.09. The molecular formula is C14H17ClFNO2S. The minimum Gasteiger partial charge on any atom is -0.282 e. The summed E-state index contributed by atoms with van der Waals surface area (Å²) in [5, 5.41) is -0.464. The third kappa shape index (κ3) is 3.33. The molecule has 6 heteroatoms. The summed E-state index contributed by atoms with van der Waals surface area (Å²) in [4.78, 5) is 0. The van der Waals surface area contributed by atoms with E-state index >= 15 is 0 Å². The van der Waals surface area contributed by atoms with Crippen LogP contribution < -0.4 is 4.72 Å². The highest BCUT2D eigenvalue weighted by Gasteiger charge is 2.30. The molecule has 1 N–H and O–H groups in total. The lowest BCUT2D eigenvalue weighted by atomic mass is 9.97. The molecule has 1 aliphatic carbocycles. The molecule has 1 aromatic rings. The van der Waals surface area contributed by atoms with Crippen LogP contribution in [0.5, 0.6) is 0 Å². The topological polar surface area (TPSA) is 46.2 Å². The zero-order valence-corrected chi connectivity index (χ0v) is 12.8. The first-order chi connectivity index (χ1) is 9.44. The normalized spacial score (nSPS) is 19.6. The summed E-state index contributed by atoms with van der Waals surface area (Å²) >= 11 is 5.86. The number of hydrogen-bond acceptors (Lipinski definition) is 2. The number of rotatable bonds is 4. The molecule has 0 saturated heterocycles. The molecule has 0 radical (unpaired) electrons. The van der Waals surface area contributed by atoms with Crippen molar-refractivity contribution in [1.29, 1.82) is 0 Å². The molecule has 0 amide bonds. The Labute approximate surface area is 123 Å². The third-order valence-electron chi connectivity index (χ3n) is 3.46. The largest absolute Gasteiger partial charge is 0.282 e. The van der Waals surface area contributed by atoms with Crippen molar-refractivity contribution in [2.45, 2.75) is 37.9 Å². The van der Waals surface area contributed by atoms with E-state index in [2.05, 4.69) is 4.72 Å². The maximum Gasteiger partial charge on any atom is 0.239 e. The van der Waals surface area contributed by atoms with Crippen LogP contribution in [-0.4, -0.2) is 13.7 Å². The number of halogens is 2. The second-order valence-corrected chi connectivity index (χ2v) is 7.09. The Hall–Kier alpha value is -1.07. The second kappa shape index (κ2) is 6.14. The van der Waals surface area contributed by atoms with Gasteiger partial charge >= 0.3 is 0 Å². The highest BCUT2D eigenvalue weighted by Crippen LogP contribution is 2.30. The van der Waals surface area contributed by atoms with Crippen LogP contribution >= 0.6 is 11.6 Å². The molecule has 1 unspecified atom stereocenters. The molecule has 0 bridgehead atoms. The third-order valence-corrected chi connectivity index (χ3v) is 5.56. The Morgan fingerprint density at radius 1 is 1.45 bits per heavy atom. The molecule has 0 aromatic heterocycles. The zero-order chi connectivity index (χ0) is 14.8. The van der Waals surface area contributed by atoms with E-state index in [1.54, 1.807) is 0 Å². The SMILES string of the molecule is CCC1=CCCCC1S(=O)(=O)Nc1ccc(F)cc1Cl. The lowest BCUT2D eigenvalue weighted by Crippen LogP contribution is -2.31. The van der Waals surface area contributed by atoms with Crippen LogP contribution in [0.3, 0.4) is 0 Å². The molecule has 0 aliphatic heterocycles. The second-order valence-electron chi connectivity index (χ2n) is 4.82. The quantitative estimate of drug-likeness (QED) is 0.849. The highest BCUT2D eigenvalue weighted by atomic mass is 35.5. The average molecular weight is 318 g/mol. The molecule has 0 fully saturated rings. The van der Waals surface area contributed by atoms with E-state index in [0.29, 0.717) is 12.8 Å². The molecule has 0 spiro atoms. The highest BCUT2D eigenvalue weighted by molar-refractivity contribution is 7.93. The summed E-state index contributed by atoms with van der Waals surface area (Å²) in [5.74, 6) is -0.496. The zero-order valence-electron chi connectivity index (χ0n) is 11.2. The lowest BCUT2D eigenvalue weighted by Gasteiger charge is -2.24. The minimum atomic E-state index is -3.56. The first-order valence-electron chi connectivity index (χ1n) is 6.59. The Kier molecular flexibility index (Phi) is 4.70. The fourth-order valence-electron chi connectivity index (χ4n) is 2.43. The van der Waals surface area contributed by atoms with E-state index in [1.165, 1.54) is 12.1 Å². The van der Waals surface area contributed by atoms with Crippen molar-refractivity contribution in [3.05, 3.63) is 40.7 Å². The van der Waals surface area contributed by atoms with Crippen molar-refractivity contribution in [2.24, 2.45) is 0 Å². The molecule has 1 aliphatic rings. The molecule has 0 heterocycles. The van der Waals surface area contributed by atoms with Gasteiger partial charge in [0.05, 0.1) is 10.7 Å². The van der Waals surface area contributed by atoms with Gasteiger partial charge in [-0.1, -0.05) is 30.2 Å². The minimum absolute atomic E-state index is 0.0615. The monoisotopic (exact) mass is 317 g/mol. The van der Waals surface area contributed by atoms with E-state index in [1.807, 2.05) is 13.0 Å². The van der Waals surface area contributed by atoms with E-state index in [4.69, 9.17) is 11.6 Å². The van der Waals surface area contributed by atoms with Gasteiger partial charge in [0.1, 0.15) is 11.1 Å². The van der Waals surface area contributed by atoms with Crippen LogP contribution in [0.25, 0.3) is 0 Å². The van der Waals surface area contributed by atoms with Crippen molar-refractivity contribution in [3.63, 3.8) is 0 Å². The van der Waals surface area contributed by atoms with Crippen LogP contribution in [0, 0.1) is 5.82 Å². The van der Waals surface area contributed by atoms with Crippen molar-refractivity contribution < 1.29 is 12.8 Å². The molecular weight excluding hydrogens is 301 g/mol. The number of nitrogens with one attached hydrogen (secondary N) is 1. The number of hydrogen-bond donors (Lipinski definition) is 1. The maximum absolute atomic E-state index is 13.0. The Morgan fingerprint density at radius 3 is 2.85 bits per heavy atom. The van der Waals surface area contributed by atoms with Gasteiger partial charge in [0.15, 0.2) is 0 Å². The van der Waals surface area contributed by atoms with Crippen LogP contribution in [0.1, 0.15) is 32.6 Å². The fourth-order valence-corrected chi connectivity index (χ4v) is 4.47. The standard InChI is InChI=1S/C14H17ClFNO2S/c1-2-10-5-3-4-6-14(10)20(18,19)17-13-8-7-11(16)9-12(13)15/h5,7-9,14,17H,2-4,6H2,1H3. The maximum atomic E-state index is 13.0. The van der Waals surface area contributed by atoms with Gasteiger partial charge in [0.2, 0.25) is 10.0 Å². The summed E-state index contributed by atoms with van der Waals surface area (Å²) in [6.45, 7) is 1.95. The molecule has 20 heavy (non-hydrogen) atoms. The van der Waals surface area contributed by atoms with Crippen LogP contribution in [-0.2, 0) is 10.0 Å². The predicted molar refractivity (Wildman–Crippen MR) is 80.0 cm³/mol. The number of allylic oxidation sites excluding steroid dienone is 1. The van der Waals surface area contributed by atoms with E-state index in [-0.39, 0.29) is 10.7 Å². The first-order valence-corrected chi connectivity index (χ1v) is 8.52. The van der Waals surface area contributed by atoms with Crippen molar-refractivity contribution in [2.75, 3.05) is 4.72 Å². The summed E-state index contributed by atoms with van der Waals surface area (Å²) < 4.78 is 40.4. The van der Waals surface area contributed by atoms with Gasteiger partial charge in [-0.25, -0.2) is 12.8 Å². The van der Waals surface area contributed by atoms with Crippen molar-refractivity contribution >= 4 is 27.3 Å². The van der Waals surface area contributed by atoms with Gasteiger partial charge in [-0.05, 0) is 43.9 Å². The molecule has 0 saturated carbocycles. The fraction of sp³-hybridized carbons (Fsp3) is 0.429. The Balaban J connectivity index is 2.27. The van der Waals surface area contributed by atoms with Gasteiger partial charge in [0.25, 0.3) is 0 Å². The van der Waals surface area contributed by atoms with Crippen molar-refractivity contribution in [1.82, 2.24) is 0 Å². The van der Waals surface area contributed by atoms with E-state index < -0.39 is 21.1 Å². The van der Waals surface area contributed by atoms with Gasteiger partial charge in [-0.15, -0.1) is 0 Å². The molecule has 2 rings (SSSR count). The van der Waals surface area contributed by atoms with Crippen molar-refractivity contribution in [3.8, 4) is 0 Å². The summed E-state index contributed by atoms with van der Waals surface area (Å²) in [6, 6.07) is 3.62. The molecule has 110 valence electrons. The van der Waals surface area contributed by atoms with E-state index in [9.17, 15) is 12.8 Å². The summed E-state index contributed by atoms with van der Waals surface area (Å²) in [7, 11) is -3.56. The molecule has 1 atom stereocenters. The first kappa shape index (κ1) is 15.3. The van der Waals surface area contributed by atoms with Gasteiger partial charge < -0.3 is 0 Å². The smallest absolute Gasteiger partial charge is 0.239 e.